The first-order chi connectivity index (χ1) is 13.8. The molecular weight excluding hydrogens is 372 g/mol. The molecule has 154 valence electrons. The first-order valence-electron chi connectivity index (χ1n) is 9.96. The number of hydrogen-bond acceptors (Lipinski definition) is 5. The van der Waals surface area contributed by atoms with Crippen molar-refractivity contribution in [3.05, 3.63) is 47.5 Å². The molecule has 1 aromatic rings. The number of rotatable bonds is 6. The van der Waals surface area contributed by atoms with Crippen LogP contribution in [0, 0.1) is 5.92 Å². The summed E-state index contributed by atoms with van der Waals surface area (Å²) in [6.45, 7) is 7.27. The fourth-order valence-corrected chi connectivity index (χ4v) is 3.83. The number of benzene rings is 1. The van der Waals surface area contributed by atoms with Crippen molar-refractivity contribution in [1.82, 2.24) is 10.2 Å². The monoisotopic (exact) mass is 398 g/mol. The van der Waals surface area contributed by atoms with Crippen LogP contribution in [0.2, 0.25) is 0 Å². The van der Waals surface area contributed by atoms with Gasteiger partial charge >= 0.3 is 5.97 Å². The predicted molar refractivity (Wildman–Crippen MR) is 106 cm³/mol. The number of ether oxygens (including phenoxy) is 1. The van der Waals surface area contributed by atoms with Crippen LogP contribution in [0.25, 0.3) is 0 Å². The van der Waals surface area contributed by atoms with Crippen molar-refractivity contribution in [3.63, 3.8) is 0 Å². The van der Waals surface area contributed by atoms with Crippen molar-refractivity contribution < 1.29 is 23.9 Å². The summed E-state index contributed by atoms with van der Waals surface area (Å²) in [5.41, 5.74) is 0.515. The highest BCUT2D eigenvalue weighted by Gasteiger charge is 2.35. The lowest BCUT2D eigenvalue weighted by Crippen LogP contribution is -2.46. The van der Waals surface area contributed by atoms with Crippen LogP contribution in [-0.4, -0.2) is 47.3 Å². The average molecular weight is 398 g/mol. The Balaban J connectivity index is 1.65. The maximum absolute atomic E-state index is 12.5. The van der Waals surface area contributed by atoms with E-state index in [1.165, 1.54) is 37.6 Å². The first kappa shape index (κ1) is 20.8. The first-order valence-corrected chi connectivity index (χ1v) is 9.96. The molecule has 1 aliphatic carbocycles. The van der Waals surface area contributed by atoms with Crippen LogP contribution in [0.5, 0.6) is 0 Å². The Labute approximate surface area is 170 Å². The molecule has 1 aliphatic heterocycles. The lowest BCUT2D eigenvalue weighted by Gasteiger charge is -2.30. The number of nitrogens with one attached hydrogen (secondary N) is 1. The van der Waals surface area contributed by atoms with Gasteiger partial charge in [0.2, 0.25) is 0 Å². The Bertz CT molecular complexity index is 863. The molecule has 2 aliphatic rings. The van der Waals surface area contributed by atoms with E-state index in [-0.39, 0.29) is 35.2 Å². The maximum atomic E-state index is 12.5. The van der Waals surface area contributed by atoms with Crippen LogP contribution < -0.4 is 5.32 Å². The highest BCUT2D eigenvalue weighted by Crippen LogP contribution is 2.25. The summed E-state index contributed by atoms with van der Waals surface area (Å²) in [5, 5.41) is 2.97. The van der Waals surface area contributed by atoms with E-state index in [9.17, 15) is 19.2 Å². The molecule has 0 saturated heterocycles. The molecule has 0 bridgehead atoms. The molecule has 0 spiro atoms. The Morgan fingerprint density at radius 1 is 1.24 bits per heavy atom. The summed E-state index contributed by atoms with van der Waals surface area (Å²) in [6, 6.07) is 4.30. The van der Waals surface area contributed by atoms with Crippen LogP contribution in [-0.2, 0) is 9.53 Å². The van der Waals surface area contributed by atoms with E-state index in [1.54, 1.807) is 0 Å². The van der Waals surface area contributed by atoms with Crippen molar-refractivity contribution in [2.45, 2.75) is 51.7 Å². The lowest BCUT2D eigenvalue weighted by molar-refractivity contribution is -0.130. The van der Waals surface area contributed by atoms with Crippen LogP contribution in [0.1, 0.15) is 70.6 Å². The number of hydrogen-bond donors (Lipinski definition) is 1. The Kier molecular flexibility index (Phi) is 6.15. The van der Waals surface area contributed by atoms with E-state index in [0.717, 1.165) is 24.2 Å². The fourth-order valence-electron chi connectivity index (χ4n) is 3.83. The number of esters is 1. The largest absolute Gasteiger partial charge is 0.449 e. The summed E-state index contributed by atoms with van der Waals surface area (Å²) >= 11 is 0. The molecule has 0 aromatic heterocycles. The van der Waals surface area contributed by atoms with E-state index in [1.807, 2.05) is 0 Å². The molecule has 1 saturated carbocycles. The molecule has 1 N–H and O–H groups in total. The summed E-state index contributed by atoms with van der Waals surface area (Å²) < 4.78 is 5.29. The number of carbonyl (C=O) groups excluding carboxylic acids is 4. The number of imide groups is 1. The zero-order valence-electron chi connectivity index (χ0n) is 16.8. The minimum absolute atomic E-state index is 0.0943. The average Bonchev–Trinajstić information content (AvgIpc) is 2.94. The Morgan fingerprint density at radius 3 is 2.62 bits per heavy atom. The standard InChI is InChI=1S/C22H26N2O5/c1-4-11-24-20(26)16-10-9-15(12-17(16)21(24)27)22(28)29-14(3)19(25)23-18-8-6-5-7-13(18)2/h4,9-10,12-14,18H,1,5-8,11H2,2-3H3,(H,23,25)/t13-,14+,18+/m0/s1. The van der Waals surface area contributed by atoms with Gasteiger partial charge in [-0.1, -0.05) is 25.8 Å². The molecule has 3 rings (SSSR count). The molecule has 0 unspecified atom stereocenters. The smallest absolute Gasteiger partial charge is 0.338 e. The van der Waals surface area contributed by atoms with Gasteiger partial charge in [-0.05, 0) is 43.9 Å². The Hall–Kier alpha value is -2.96. The van der Waals surface area contributed by atoms with E-state index < -0.39 is 23.9 Å². The van der Waals surface area contributed by atoms with Crippen LogP contribution in [0.15, 0.2) is 30.9 Å². The van der Waals surface area contributed by atoms with E-state index in [2.05, 4.69) is 18.8 Å². The quantitative estimate of drug-likeness (QED) is 0.452. The number of amides is 3. The topological polar surface area (TPSA) is 92.8 Å². The molecule has 3 amide bonds. The lowest BCUT2D eigenvalue weighted by atomic mass is 9.86. The van der Waals surface area contributed by atoms with E-state index >= 15 is 0 Å². The summed E-state index contributed by atoms with van der Waals surface area (Å²) in [7, 11) is 0. The molecule has 7 nitrogen and oxygen atoms in total. The second-order valence-corrected chi connectivity index (χ2v) is 7.69. The molecule has 1 aromatic carbocycles. The fraction of sp³-hybridized carbons (Fsp3) is 0.455. The molecule has 1 fully saturated rings. The minimum Gasteiger partial charge on any atom is -0.449 e. The van der Waals surface area contributed by atoms with Crippen molar-refractivity contribution in [1.29, 1.82) is 0 Å². The van der Waals surface area contributed by atoms with Gasteiger partial charge in [-0.15, -0.1) is 6.58 Å². The van der Waals surface area contributed by atoms with E-state index in [0.29, 0.717) is 5.92 Å². The minimum atomic E-state index is -0.959. The second-order valence-electron chi connectivity index (χ2n) is 7.69. The van der Waals surface area contributed by atoms with Crippen LogP contribution in [0.4, 0.5) is 0 Å². The summed E-state index contributed by atoms with van der Waals surface area (Å²) in [5.74, 6) is -1.54. The van der Waals surface area contributed by atoms with Crippen molar-refractivity contribution in [2.24, 2.45) is 5.92 Å². The van der Waals surface area contributed by atoms with Gasteiger partial charge in [0.15, 0.2) is 6.10 Å². The van der Waals surface area contributed by atoms with Crippen molar-refractivity contribution >= 4 is 23.7 Å². The van der Waals surface area contributed by atoms with Gasteiger partial charge in [0.1, 0.15) is 0 Å². The van der Waals surface area contributed by atoms with Crippen LogP contribution >= 0.6 is 0 Å². The molecule has 1 heterocycles. The van der Waals surface area contributed by atoms with Gasteiger partial charge in [0.05, 0.1) is 16.7 Å². The molecular formula is C22H26N2O5. The van der Waals surface area contributed by atoms with Gasteiger partial charge in [-0.3, -0.25) is 19.3 Å². The maximum Gasteiger partial charge on any atom is 0.338 e. The third-order valence-electron chi connectivity index (χ3n) is 5.61. The van der Waals surface area contributed by atoms with Gasteiger partial charge in [-0.25, -0.2) is 4.79 Å². The summed E-state index contributed by atoms with van der Waals surface area (Å²) in [6.07, 6.45) is 4.75. The number of fused-ring (bicyclic) bond motifs is 1. The number of carbonyl (C=O) groups is 4. The highest BCUT2D eigenvalue weighted by atomic mass is 16.5. The molecule has 7 heteroatoms. The normalized spacial score (nSPS) is 22.1. The zero-order valence-corrected chi connectivity index (χ0v) is 16.8. The van der Waals surface area contributed by atoms with Crippen LogP contribution in [0.3, 0.4) is 0 Å². The van der Waals surface area contributed by atoms with Crippen molar-refractivity contribution in [2.75, 3.05) is 6.54 Å². The summed E-state index contributed by atoms with van der Waals surface area (Å²) in [4.78, 5) is 50.6. The van der Waals surface area contributed by atoms with Gasteiger partial charge < -0.3 is 10.1 Å². The van der Waals surface area contributed by atoms with Gasteiger partial charge in [-0.2, -0.15) is 0 Å². The van der Waals surface area contributed by atoms with E-state index in [4.69, 9.17) is 4.74 Å². The second kappa shape index (κ2) is 8.59. The number of nitrogens with zero attached hydrogens (tertiary/aromatic N) is 1. The van der Waals surface area contributed by atoms with Gasteiger partial charge in [0.25, 0.3) is 17.7 Å². The highest BCUT2D eigenvalue weighted by molar-refractivity contribution is 6.22. The van der Waals surface area contributed by atoms with Crippen molar-refractivity contribution in [3.8, 4) is 0 Å². The molecule has 0 radical (unpaired) electrons. The molecule has 29 heavy (non-hydrogen) atoms. The Morgan fingerprint density at radius 2 is 1.93 bits per heavy atom. The SMILES string of the molecule is C=CCN1C(=O)c2ccc(C(=O)O[C@H](C)C(=O)N[C@@H]3CCCC[C@@H]3C)cc2C1=O. The van der Waals surface area contributed by atoms with Gasteiger partial charge in [0, 0.05) is 12.6 Å². The zero-order chi connectivity index (χ0) is 21.1. The third-order valence-corrected chi connectivity index (χ3v) is 5.61. The molecule has 3 atom stereocenters. The third kappa shape index (κ3) is 4.23. The predicted octanol–water partition coefficient (Wildman–Crippen LogP) is 2.71.